The summed E-state index contributed by atoms with van der Waals surface area (Å²) in [6, 6.07) is 5.72. The molecule has 0 radical (unpaired) electrons. The molecule has 0 unspecified atom stereocenters. The summed E-state index contributed by atoms with van der Waals surface area (Å²) in [5.74, 6) is 0. The Hall–Kier alpha value is -0.860. The quantitative estimate of drug-likeness (QED) is 0.709. The Labute approximate surface area is 72.5 Å². The van der Waals surface area contributed by atoms with Crippen molar-refractivity contribution in [2.75, 3.05) is 0 Å². The predicted octanol–water partition coefficient (Wildman–Crippen LogP) is 1.23. The van der Waals surface area contributed by atoms with Gasteiger partial charge in [0.05, 0.1) is 13.2 Å². The van der Waals surface area contributed by atoms with E-state index in [1.165, 1.54) is 0 Å². The van der Waals surface area contributed by atoms with Gasteiger partial charge < -0.3 is 10.2 Å². The van der Waals surface area contributed by atoms with Crippen molar-refractivity contribution in [1.29, 1.82) is 0 Å². The molecule has 0 aromatic heterocycles. The van der Waals surface area contributed by atoms with Gasteiger partial charge in [0, 0.05) is 0 Å². The predicted molar refractivity (Wildman–Crippen MR) is 47.7 cm³/mol. The van der Waals surface area contributed by atoms with E-state index >= 15 is 0 Å². The smallest absolute Gasteiger partial charge is 0.0688 e. The second-order valence-corrected chi connectivity index (χ2v) is 2.72. The van der Waals surface area contributed by atoms with Crippen LogP contribution >= 0.6 is 0 Å². The van der Waals surface area contributed by atoms with Crippen LogP contribution in [0.4, 0.5) is 0 Å². The molecule has 0 saturated heterocycles. The van der Waals surface area contributed by atoms with E-state index in [0.29, 0.717) is 0 Å². The standard InChI is InChI=1S/C10H14O2/c1-2-8-4-3-5-9(6-11)10(8)7-12/h3-5,11-12H,2,6-7H2,1H3. The summed E-state index contributed by atoms with van der Waals surface area (Å²) >= 11 is 0. The number of aliphatic hydroxyl groups excluding tert-OH is 2. The SMILES string of the molecule is CCc1cccc(CO)c1CO. The fraction of sp³-hybridized carbons (Fsp3) is 0.400. The average Bonchev–Trinajstić information content (AvgIpc) is 2.16. The van der Waals surface area contributed by atoms with Gasteiger partial charge in [-0.05, 0) is 23.1 Å². The van der Waals surface area contributed by atoms with Gasteiger partial charge in [-0.15, -0.1) is 0 Å². The fourth-order valence-electron chi connectivity index (χ4n) is 1.37. The van der Waals surface area contributed by atoms with Gasteiger partial charge in [0.2, 0.25) is 0 Å². The van der Waals surface area contributed by atoms with Gasteiger partial charge in [0.1, 0.15) is 0 Å². The highest BCUT2D eigenvalue weighted by Gasteiger charge is 2.03. The third-order valence-corrected chi connectivity index (χ3v) is 2.08. The van der Waals surface area contributed by atoms with Crippen LogP contribution in [0.1, 0.15) is 23.6 Å². The van der Waals surface area contributed by atoms with E-state index < -0.39 is 0 Å². The lowest BCUT2D eigenvalue weighted by atomic mass is 10.0. The zero-order chi connectivity index (χ0) is 8.97. The van der Waals surface area contributed by atoms with Gasteiger partial charge in [-0.3, -0.25) is 0 Å². The maximum atomic E-state index is 9.05. The first-order valence-corrected chi connectivity index (χ1v) is 4.14. The van der Waals surface area contributed by atoms with Crippen molar-refractivity contribution in [2.24, 2.45) is 0 Å². The van der Waals surface area contributed by atoms with Crippen LogP contribution in [0.2, 0.25) is 0 Å². The molecule has 0 heterocycles. The van der Waals surface area contributed by atoms with Crippen LogP contribution in [0.15, 0.2) is 18.2 Å². The van der Waals surface area contributed by atoms with Crippen LogP contribution in [0.5, 0.6) is 0 Å². The number of aryl methyl sites for hydroxylation is 1. The minimum absolute atomic E-state index is 0.00370. The third-order valence-electron chi connectivity index (χ3n) is 2.08. The van der Waals surface area contributed by atoms with Crippen molar-refractivity contribution in [1.82, 2.24) is 0 Å². The molecule has 66 valence electrons. The molecule has 2 heteroatoms. The minimum atomic E-state index is 0.00370. The van der Waals surface area contributed by atoms with Gasteiger partial charge in [-0.25, -0.2) is 0 Å². The van der Waals surface area contributed by atoms with E-state index in [2.05, 4.69) is 0 Å². The molecule has 0 spiro atoms. The molecule has 0 aliphatic rings. The maximum absolute atomic E-state index is 9.05. The second-order valence-electron chi connectivity index (χ2n) is 2.72. The molecule has 0 fully saturated rings. The zero-order valence-electron chi connectivity index (χ0n) is 7.25. The Kier molecular flexibility index (Phi) is 3.26. The molecule has 0 saturated carbocycles. The molecule has 2 nitrogen and oxygen atoms in total. The van der Waals surface area contributed by atoms with Gasteiger partial charge >= 0.3 is 0 Å². The van der Waals surface area contributed by atoms with E-state index in [1.54, 1.807) is 0 Å². The Bertz CT molecular complexity index is 234. The summed E-state index contributed by atoms with van der Waals surface area (Å²) in [6.45, 7) is 2.05. The molecule has 12 heavy (non-hydrogen) atoms. The molecule has 0 aliphatic carbocycles. The van der Waals surface area contributed by atoms with Crippen molar-refractivity contribution >= 4 is 0 Å². The van der Waals surface area contributed by atoms with Crippen molar-refractivity contribution in [3.63, 3.8) is 0 Å². The summed E-state index contributed by atoms with van der Waals surface area (Å²) in [5.41, 5.74) is 2.82. The third kappa shape index (κ3) is 1.65. The number of benzene rings is 1. The Morgan fingerprint density at radius 1 is 1.08 bits per heavy atom. The fourth-order valence-corrected chi connectivity index (χ4v) is 1.37. The molecule has 1 rings (SSSR count). The van der Waals surface area contributed by atoms with Crippen LogP contribution in [-0.4, -0.2) is 10.2 Å². The molecular formula is C10H14O2. The lowest BCUT2D eigenvalue weighted by Crippen LogP contribution is -1.98. The molecule has 1 aromatic rings. The van der Waals surface area contributed by atoms with Gasteiger partial charge in [-0.1, -0.05) is 25.1 Å². The molecule has 0 atom stereocenters. The number of aliphatic hydroxyl groups is 2. The average molecular weight is 166 g/mol. The van der Waals surface area contributed by atoms with E-state index in [-0.39, 0.29) is 13.2 Å². The molecule has 0 bridgehead atoms. The van der Waals surface area contributed by atoms with E-state index in [9.17, 15) is 0 Å². The Morgan fingerprint density at radius 3 is 2.25 bits per heavy atom. The van der Waals surface area contributed by atoms with Crippen LogP contribution in [0.3, 0.4) is 0 Å². The normalized spacial score (nSPS) is 10.2. The lowest BCUT2D eigenvalue weighted by Gasteiger charge is -2.08. The highest BCUT2D eigenvalue weighted by atomic mass is 16.3. The first kappa shape index (κ1) is 9.23. The van der Waals surface area contributed by atoms with Crippen molar-refractivity contribution < 1.29 is 10.2 Å². The van der Waals surface area contributed by atoms with Crippen LogP contribution in [0, 0.1) is 0 Å². The first-order valence-electron chi connectivity index (χ1n) is 4.14. The number of hydrogen-bond donors (Lipinski definition) is 2. The largest absolute Gasteiger partial charge is 0.392 e. The van der Waals surface area contributed by atoms with Crippen LogP contribution < -0.4 is 0 Å². The molecular weight excluding hydrogens is 152 g/mol. The molecule has 1 aromatic carbocycles. The Balaban J connectivity index is 3.13. The van der Waals surface area contributed by atoms with Crippen LogP contribution in [0.25, 0.3) is 0 Å². The maximum Gasteiger partial charge on any atom is 0.0688 e. The van der Waals surface area contributed by atoms with E-state index in [4.69, 9.17) is 10.2 Å². The summed E-state index contributed by atoms with van der Waals surface area (Å²) in [7, 11) is 0. The molecule has 2 N–H and O–H groups in total. The summed E-state index contributed by atoms with van der Waals surface area (Å²) in [5, 5.41) is 18.0. The van der Waals surface area contributed by atoms with Crippen molar-refractivity contribution in [2.45, 2.75) is 26.6 Å². The second kappa shape index (κ2) is 4.24. The Morgan fingerprint density at radius 2 is 1.75 bits per heavy atom. The summed E-state index contributed by atoms with van der Waals surface area (Å²) < 4.78 is 0. The van der Waals surface area contributed by atoms with Crippen molar-refractivity contribution in [3.05, 3.63) is 34.9 Å². The van der Waals surface area contributed by atoms with E-state index in [0.717, 1.165) is 23.1 Å². The van der Waals surface area contributed by atoms with Crippen LogP contribution in [-0.2, 0) is 19.6 Å². The number of hydrogen-bond acceptors (Lipinski definition) is 2. The van der Waals surface area contributed by atoms with Gasteiger partial charge in [0.15, 0.2) is 0 Å². The lowest BCUT2D eigenvalue weighted by molar-refractivity contribution is 0.259. The highest BCUT2D eigenvalue weighted by molar-refractivity contribution is 5.34. The van der Waals surface area contributed by atoms with Gasteiger partial charge in [0.25, 0.3) is 0 Å². The zero-order valence-corrected chi connectivity index (χ0v) is 7.25. The molecule has 0 amide bonds. The first-order chi connectivity index (χ1) is 5.83. The summed E-state index contributed by atoms with van der Waals surface area (Å²) in [6.07, 6.45) is 0.893. The van der Waals surface area contributed by atoms with Crippen molar-refractivity contribution in [3.8, 4) is 0 Å². The van der Waals surface area contributed by atoms with Gasteiger partial charge in [-0.2, -0.15) is 0 Å². The highest BCUT2D eigenvalue weighted by Crippen LogP contribution is 2.15. The van der Waals surface area contributed by atoms with E-state index in [1.807, 2.05) is 25.1 Å². The minimum Gasteiger partial charge on any atom is -0.392 e. The summed E-state index contributed by atoms with van der Waals surface area (Å²) in [4.78, 5) is 0. The number of rotatable bonds is 3. The molecule has 0 aliphatic heterocycles. The monoisotopic (exact) mass is 166 g/mol. The topological polar surface area (TPSA) is 40.5 Å².